The summed E-state index contributed by atoms with van der Waals surface area (Å²) in [5.74, 6) is 0.243. The van der Waals surface area contributed by atoms with Gasteiger partial charge in [-0.3, -0.25) is 14.4 Å². The number of hydrogen-bond acceptors (Lipinski definition) is 4. The van der Waals surface area contributed by atoms with E-state index in [-0.39, 0.29) is 30.4 Å². The number of anilines is 1. The standard InChI is InChI=1S/C23H26N2O4/c1-4-25(15-17-8-6-5-7-9-17)22(27)13-11-20(26)18-10-12-21-19(14-18)24(3)23(28)16(2)29-21/h5-10,12,14,16H,4,11,13,15H2,1-3H3. The van der Waals surface area contributed by atoms with E-state index in [4.69, 9.17) is 4.74 Å². The van der Waals surface area contributed by atoms with Crippen LogP contribution in [0.4, 0.5) is 5.69 Å². The van der Waals surface area contributed by atoms with Gasteiger partial charge in [-0.25, -0.2) is 0 Å². The van der Waals surface area contributed by atoms with Crippen molar-refractivity contribution in [2.45, 2.75) is 39.3 Å². The molecule has 29 heavy (non-hydrogen) atoms. The van der Waals surface area contributed by atoms with Crippen LogP contribution in [0.15, 0.2) is 48.5 Å². The number of carbonyl (C=O) groups is 3. The van der Waals surface area contributed by atoms with E-state index in [0.717, 1.165) is 5.56 Å². The van der Waals surface area contributed by atoms with Crippen LogP contribution < -0.4 is 9.64 Å². The molecule has 1 aliphatic rings. The Morgan fingerprint density at radius 3 is 2.52 bits per heavy atom. The number of rotatable bonds is 7. The zero-order valence-electron chi connectivity index (χ0n) is 17.1. The molecule has 0 bridgehead atoms. The van der Waals surface area contributed by atoms with Crippen molar-refractivity contribution in [3.8, 4) is 5.75 Å². The maximum absolute atomic E-state index is 12.6. The molecule has 2 aromatic carbocycles. The van der Waals surface area contributed by atoms with Crippen LogP contribution in [0.1, 0.15) is 42.6 Å². The van der Waals surface area contributed by atoms with Crippen molar-refractivity contribution in [2.24, 2.45) is 0 Å². The van der Waals surface area contributed by atoms with E-state index in [1.165, 1.54) is 4.90 Å². The van der Waals surface area contributed by atoms with E-state index in [9.17, 15) is 14.4 Å². The Labute approximate surface area is 171 Å². The van der Waals surface area contributed by atoms with Crippen LogP contribution in [-0.2, 0) is 16.1 Å². The van der Waals surface area contributed by atoms with Crippen molar-refractivity contribution < 1.29 is 19.1 Å². The van der Waals surface area contributed by atoms with Gasteiger partial charge in [-0.2, -0.15) is 0 Å². The minimum atomic E-state index is -0.545. The van der Waals surface area contributed by atoms with Crippen LogP contribution in [0.25, 0.3) is 0 Å². The SMILES string of the molecule is CCN(Cc1ccccc1)C(=O)CCC(=O)c1ccc2c(c1)N(C)C(=O)C(C)O2. The third kappa shape index (κ3) is 4.65. The molecule has 0 saturated heterocycles. The highest BCUT2D eigenvalue weighted by Gasteiger charge is 2.29. The first-order valence-corrected chi connectivity index (χ1v) is 9.84. The van der Waals surface area contributed by atoms with Gasteiger partial charge in [0.2, 0.25) is 5.91 Å². The number of fused-ring (bicyclic) bond motifs is 1. The summed E-state index contributed by atoms with van der Waals surface area (Å²) in [6.07, 6.45) is -0.271. The van der Waals surface area contributed by atoms with Gasteiger partial charge < -0.3 is 14.5 Å². The van der Waals surface area contributed by atoms with Crippen LogP contribution in [0.5, 0.6) is 5.75 Å². The summed E-state index contributed by atoms with van der Waals surface area (Å²) in [6.45, 7) is 4.75. The van der Waals surface area contributed by atoms with Crippen LogP contribution in [0.2, 0.25) is 0 Å². The number of amides is 2. The molecule has 0 fully saturated rings. The second kappa shape index (κ2) is 8.90. The highest BCUT2D eigenvalue weighted by Crippen LogP contribution is 2.34. The van der Waals surface area contributed by atoms with Gasteiger partial charge in [-0.15, -0.1) is 0 Å². The molecule has 0 aliphatic carbocycles. The number of ether oxygens (including phenoxy) is 1. The molecule has 6 nitrogen and oxygen atoms in total. The first-order valence-electron chi connectivity index (χ1n) is 9.84. The van der Waals surface area contributed by atoms with Gasteiger partial charge >= 0.3 is 0 Å². The number of Topliss-reactive ketones (excluding diaryl/α,β-unsaturated/α-hetero) is 1. The molecular formula is C23H26N2O4. The average Bonchev–Trinajstić information content (AvgIpc) is 2.74. The summed E-state index contributed by atoms with van der Waals surface area (Å²) >= 11 is 0. The molecule has 0 saturated carbocycles. The van der Waals surface area contributed by atoms with Crippen LogP contribution >= 0.6 is 0 Å². The average molecular weight is 394 g/mol. The predicted molar refractivity (Wildman–Crippen MR) is 111 cm³/mol. The Morgan fingerprint density at radius 1 is 1.10 bits per heavy atom. The number of nitrogens with zero attached hydrogens (tertiary/aromatic N) is 2. The third-order valence-corrected chi connectivity index (χ3v) is 5.14. The number of carbonyl (C=O) groups excluding carboxylic acids is 3. The summed E-state index contributed by atoms with van der Waals surface area (Å²) in [5.41, 5.74) is 2.11. The lowest BCUT2D eigenvalue weighted by Gasteiger charge is -2.30. The molecule has 3 rings (SSSR count). The van der Waals surface area contributed by atoms with E-state index in [1.807, 2.05) is 37.3 Å². The summed E-state index contributed by atoms with van der Waals surface area (Å²) in [4.78, 5) is 40.6. The quantitative estimate of drug-likeness (QED) is 0.675. The normalized spacial score (nSPS) is 15.5. The van der Waals surface area contributed by atoms with E-state index in [1.54, 1.807) is 37.1 Å². The number of ketones is 1. The molecule has 6 heteroatoms. The first-order chi connectivity index (χ1) is 13.9. The van der Waals surface area contributed by atoms with Gasteiger partial charge in [0.15, 0.2) is 11.9 Å². The highest BCUT2D eigenvalue weighted by molar-refractivity contribution is 6.03. The van der Waals surface area contributed by atoms with Crippen molar-refractivity contribution in [1.82, 2.24) is 4.90 Å². The lowest BCUT2D eigenvalue weighted by molar-refractivity contribution is -0.131. The second-order valence-electron chi connectivity index (χ2n) is 7.16. The maximum Gasteiger partial charge on any atom is 0.267 e. The summed E-state index contributed by atoms with van der Waals surface area (Å²) in [5, 5.41) is 0. The van der Waals surface area contributed by atoms with Gasteiger partial charge in [0.05, 0.1) is 5.69 Å². The first kappa shape index (κ1) is 20.6. The molecule has 0 spiro atoms. The number of benzene rings is 2. The number of likely N-dealkylation sites (N-methyl/N-ethyl adjacent to an activating group) is 1. The zero-order chi connectivity index (χ0) is 21.0. The number of hydrogen-bond donors (Lipinski definition) is 0. The molecule has 1 heterocycles. The van der Waals surface area contributed by atoms with Crippen LogP contribution in [0.3, 0.4) is 0 Å². The zero-order valence-corrected chi connectivity index (χ0v) is 17.1. The predicted octanol–water partition coefficient (Wildman–Crippen LogP) is 3.44. The Hall–Kier alpha value is -3.15. The lowest BCUT2D eigenvalue weighted by Crippen LogP contribution is -2.42. The van der Waals surface area contributed by atoms with E-state index in [2.05, 4.69) is 0 Å². The summed E-state index contributed by atoms with van der Waals surface area (Å²) in [6, 6.07) is 14.8. The Bertz CT molecular complexity index is 910. The highest BCUT2D eigenvalue weighted by atomic mass is 16.5. The fraction of sp³-hybridized carbons (Fsp3) is 0.348. The molecule has 0 N–H and O–H groups in total. The largest absolute Gasteiger partial charge is 0.479 e. The summed E-state index contributed by atoms with van der Waals surface area (Å²) < 4.78 is 5.59. The summed E-state index contributed by atoms with van der Waals surface area (Å²) in [7, 11) is 1.67. The van der Waals surface area contributed by atoms with Gasteiger partial charge in [-0.1, -0.05) is 30.3 Å². The molecular weight excluding hydrogens is 368 g/mol. The fourth-order valence-electron chi connectivity index (χ4n) is 3.39. The molecule has 0 aromatic heterocycles. The van der Waals surface area contributed by atoms with Gasteiger partial charge in [0, 0.05) is 38.5 Å². The molecule has 152 valence electrons. The van der Waals surface area contributed by atoms with Gasteiger partial charge in [-0.05, 0) is 37.6 Å². The van der Waals surface area contributed by atoms with Crippen molar-refractivity contribution in [3.05, 3.63) is 59.7 Å². The molecule has 2 amide bonds. The molecule has 1 aliphatic heterocycles. The molecule has 0 radical (unpaired) electrons. The van der Waals surface area contributed by atoms with Crippen molar-refractivity contribution in [3.63, 3.8) is 0 Å². The van der Waals surface area contributed by atoms with E-state index < -0.39 is 6.10 Å². The Balaban J connectivity index is 1.63. The molecule has 2 aromatic rings. The Kier molecular flexibility index (Phi) is 6.32. The van der Waals surface area contributed by atoms with Crippen molar-refractivity contribution in [2.75, 3.05) is 18.5 Å². The molecule has 1 unspecified atom stereocenters. The van der Waals surface area contributed by atoms with Gasteiger partial charge in [0.1, 0.15) is 5.75 Å². The monoisotopic (exact) mass is 394 g/mol. The van der Waals surface area contributed by atoms with Crippen LogP contribution in [0, 0.1) is 0 Å². The second-order valence-corrected chi connectivity index (χ2v) is 7.16. The van der Waals surface area contributed by atoms with Crippen LogP contribution in [-0.4, -0.2) is 42.2 Å². The maximum atomic E-state index is 12.6. The lowest BCUT2D eigenvalue weighted by atomic mass is 10.0. The minimum absolute atomic E-state index is 0.0490. The topological polar surface area (TPSA) is 66.9 Å². The smallest absolute Gasteiger partial charge is 0.267 e. The molecule has 1 atom stereocenters. The van der Waals surface area contributed by atoms with E-state index in [0.29, 0.717) is 30.1 Å². The minimum Gasteiger partial charge on any atom is -0.479 e. The van der Waals surface area contributed by atoms with Crippen molar-refractivity contribution >= 4 is 23.3 Å². The van der Waals surface area contributed by atoms with Crippen molar-refractivity contribution in [1.29, 1.82) is 0 Å². The van der Waals surface area contributed by atoms with Gasteiger partial charge in [0.25, 0.3) is 5.91 Å². The third-order valence-electron chi connectivity index (χ3n) is 5.14. The fourth-order valence-corrected chi connectivity index (χ4v) is 3.39. The van der Waals surface area contributed by atoms with E-state index >= 15 is 0 Å². The Morgan fingerprint density at radius 2 is 1.83 bits per heavy atom.